The Balaban J connectivity index is 1.80. The van der Waals surface area contributed by atoms with Crippen molar-refractivity contribution in [1.29, 1.82) is 0 Å². The number of nitrogens with zero attached hydrogens (tertiary/aromatic N) is 2. The quantitative estimate of drug-likeness (QED) is 0.199. The van der Waals surface area contributed by atoms with Crippen LogP contribution >= 0.6 is 0 Å². The van der Waals surface area contributed by atoms with E-state index in [1.165, 1.54) is 17.0 Å². The highest BCUT2D eigenvalue weighted by atomic mass is 32.2. The standard InChI is InChI=1S/C36H41N3O4S/c1-5-29(4)37-36(41)34(24-30-16-8-6-9-17-30)38(25-31-18-12-14-27(2)22-31)35(40)26-39(32-19-13-15-28(3)23-32)44(42,43)33-20-10-7-11-21-33/h6-23,29,34H,5,24-26H2,1-4H3,(H,37,41)/t29-,34+/m1/s1. The van der Waals surface area contributed by atoms with Gasteiger partial charge in [-0.05, 0) is 68.1 Å². The molecule has 0 bridgehead atoms. The van der Waals surface area contributed by atoms with Crippen molar-refractivity contribution in [3.05, 3.63) is 131 Å². The number of rotatable bonds is 13. The number of carbonyl (C=O) groups is 2. The summed E-state index contributed by atoms with van der Waals surface area (Å²) in [7, 11) is -4.12. The fourth-order valence-electron chi connectivity index (χ4n) is 5.03. The zero-order valence-corrected chi connectivity index (χ0v) is 26.6. The predicted octanol–water partition coefficient (Wildman–Crippen LogP) is 6.05. The van der Waals surface area contributed by atoms with Gasteiger partial charge in [-0.25, -0.2) is 8.42 Å². The number of aryl methyl sites for hydroxylation is 2. The van der Waals surface area contributed by atoms with Crippen molar-refractivity contribution in [1.82, 2.24) is 10.2 Å². The molecule has 0 saturated heterocycles. The largest absolute Gasteiger partial charge is 0.352 e. The topological polar surface area (TPSA) is 86.8 Å². The van der Waals surface area contributed by atoms with Crippen molar-refractivity contribution >= 4 is 27.5 Å². The van der Waals surface area contributed by atoms with Gasteiger partial charge in [0, 0.05) is 19.0 Å². The molecule has 0 aromatic heterocycles. The van der Waals surface area contributed by atoms with Crippen LogP contribution in [0.3, 0.4) is 0 Å². The number of benzene rings is 4. The minimum Gasteiger partial charge on any atom is -0.352 e. The lowest BCUT2D eigenvalue weighted by Gasteiger charge is -2.34. The number of carbonyl (C=O) groups excluding carboxylic acids is 2. The van der Waals surface area contributed by atoms with E-state index < -0.39 is 28.5 Å². The molecule has 0 fully saturated rings. The number of hydrogen-bond donors (Lipinski definition) is 1. The van der Waals surface area contributed by atoms with Crippen LogP contribution in [0.1, 0.15) is 42.5 Å². The van der Waals surface area contributed by atoms with Gasteiger partial charge < -0.3 is 10.2 Å². The van der Waals surface area contributed by atoms with Crippen LogP contribution in [0.25, 0.3) is 0 Å². The van der Waals surface area contributed by atoms with Crippen LogP contribution in [0.5, 0.6) is 0 Å². The van der Waals surface area contributed by atoms with Gasteiger partial charge in [-0.1, -0.05) is 97.4 Å². The molecule has 0 spiro atoms. The first-order valence-corrected chi connectivity index (χ1v) is 16.4. The smallest absolute Gasteiger partial charge is 0.264 e. The summed E-state index contributed by atoms with van der Waals surface area (Å²) in [5.41, 5.74) is 4.00. The second-order valence-electron chi connectivity index (χ2n) is 11.2. The molecule has 0 aliphatic rings. The zero-order valence-electron chi connectivity index (χ0n) is 25.8. The Morgan fingerprint density at radius 1 is 0.773 bits per heavy atom. The molecular formula is C36H41N3O4S. The van der Waals surface area contributed by atoms with Gasteiger partial charge in [-0.3, -0.25) is 13.9 Å². The average Bonchev–Trinajstić information content (AvgIpc) is 3.02. The van der Waals surface area contributed by atoms with E-state index in [9.17, 15) is 18.0 Å². The van der Waals surface area contributed by atoms with Gasteiger partial charge in [0.15, 0.2) is 0 Å². The molecule has 1 N–H and O–H groups in total. The summed E-state index contributed by atoms with van der Waals surface area (Å²) < 4.78 is 29.3. The summed E-state index contributed by atoms with van der Waals surface area (Å²) in [6, 6.07) is 31.5. The van der Waals surface area contributed by atoms with E-state index in [1.54, 1.807) is 36.4 Å². The maximum absolute atomic E-state index is 14.5. The number of anilines is 1. The highest BCUT2D eigenvalue weighted by molar-refractivity contribution is 7.92. The van der Waals surface area contributed by atoms with E-state index in [4.69, 9.17) is 0 Å². The Kier molecular flexibility index (Phi) is 11.0. The molecule has 2 atom stereocenters. The van der Waals surface area contributed by atoms with E-state index >= 15 is 0 Å². The Morgan fingerprint density at radius 2 is 1.36 bits per heavy atom. The van der Waals surface area contributed by atoms with Gasteiger partial charge in [0.25, 0.3) is 10.0 Å². The molecule has 0 radical (unpaired) electrons. The third-order valence-electron chi connectivity index (χ3n) is 7.61. The van der Waals surface area contributed by atoms with Crippen molar-refractivity contribution in [2.45, 2.75) is 64.1 Å². The Bertz CT molecular complexity index is 1660. The maximum Gasteiger partial charge on any atom is 0.264 e. The summed E-state index contributed by atoms with van der Waals surface area (Å²) in [5, 5.41) is 3.07. The van der Waals surface area contributed by atoms with Crippen molar-refractivity contribution in [2.24, 2.45) is 0 Å². The maximum atomic E-state index is 14.5. The molecule has 2 amide bonds. The molecule has 0 saturated carbocycles. The summed E-state index contributed by atoms with van der Waals surface area (Å²) in [4.78, 5) is 30.0. The van der Waals surface area contributed by atoms with E-state index in [-0.39, 0.29) is 29.8 Å². The van der Waals surface area contributed by atoms with Crippen LogP contribution in [0.15, 0.2) is 114 Å². The van der Waals surface area contributed by atoms with Crippen molar-refractivity contribution < 1.29 is 18.0 Å². The van der Waals surface area contributed by atoms with E-state index in [2.05, 4.69) is 5.32 Å². The molecule has 44 heavy (non-hydrogen) atoms. The summed E-state index contributed by atoms with van der Waals surface area (Å²) in [5.74, 6) is -0.759. The lowest BCUT2D eigenvalue weighted by atomic mass is 10.0. The average molecular weight is 612 g/mol. The number of amides is 2. The lowest BCUT2D eigenvalue weighted by Crippen LogP contribution is -2.54. The minimum absolute atomic E-state index is 0.0786. The van der Waals surface area contributed by atoms with Crippen LogP contribution in [-0.2, 0) is 32.6 Å². The number of nitrogens with one attached hydrogen (secondary N) is 1. The predicted molar refractivity (Wildman–Crippen MR) is 176 cm³/mol. The molecule has 0 aliphatic heterocycles. The molecule has 4 aromatic rings. The number of hydrogen-bond acceptors (Lipinski definition) is 4. The van der Waals surface area contributed by atoms with E-state index in [0.29, 0.717) is 5.69 Å². The zero-order chi connectivity index (χ0) is 31.7. The molecule has 230 valence electrons. The first-order valence-electron chi connectivity index (χ1n) is 14.9. The second-order valence-corrected chi connectivity index (χ2v) is 13.1. The summed E-state index contributed by atoms with van der Waals surface area (Å²) >= 11 is 0. The second kappa shape index (κ2) is 14.8. The van der Waals surface area contributed by atoms with Gasteiger partial charge in [-0.2, -0.15) is 0 Å². The van der Waals surface area contributed by atoms with Gasteiger partial charge in [0.1, 0.15) is 12.6 Å². The normalized spacial score (nSPS) is 12.6. The van der Waals surface area contributed by atoms with Crippen molar-refractivity contribution in [3.63, 3.8) is 0 Å². The van der Waals surface area contributed by atoms with Crippen LogP contribution in [-0.4, -0.2) is 43.8 Å². The van der Waals surface area contributed by atoms with Gasteiger partial charge >= 0.3 is 0 Å². The molecule has 0 unspecified atom stereocenters. The van der Waals surface area contributed by atoms with Crippen molar-refractivity contribution in [3.8, 4) is 0 Å². The first kappa shape index (κ1) is 32.5. The highest BCUT2D eigenvalue weighted by Crippen LogP contribution is 2.26. The third-order valence-corrected chi connectivity index (χ3v) is 9.40. The lowest BCUT2D eigenvalue weighted by molar-refractivity contribution is -0.140. The van der Waals surface area contributed by atoms with E-state index in [0.717, 1.165) is 33.0 Å². The Morgan fingerprint density at radius 3 is 1.98 bits per heavy atom. The van der Waals surface area contributed by atoms with Crippen LogP contribution in [0.4, 0.5) is 5.69 Å². The van der Waals surface area contributed by atoms with Gasteiger partial charge in [0.05, 0.1) is 10.6 Å². The van der Waals surface area contributed by atoms with Crippen LogP contribution < -0.4 is 9.62 Å². The monoisotopic (exact) mass is 611 g/mol. The molecule has 0 aliphatic carbocycles. The number of sulfonamides is 1. The van der Waals surface area contributed by atoms with Crippen molar-refractivity contribution in [2.75, 3.05) is 10.8 Å². The Hall–Kier alpha value is -4.43. The first-order chi connectivity index (χ1) is 21.1. The summed E-state index contributed by atoms with van der Waals surface area (Å²) in [6.45, 7) is 7.42. The molecule has 8 heteroatoms. The summed E-state index contributed by atoms with van der Waals surface area (Å²) in [6.07, 6.45) is 1.00. The van der Waals surface area contributed by atoms with E-state index in [1.807, 2.05) is 88.4 Å². The van der Waals surface area contributed by atoms with Gasteiger partial charge in [-0.15, -0.1) is 0 Å². The minimum atomic E-state index is -4.12. The molecule has 4 rings (SSSR count). The molecule has 7 nitrogen and oxygen atoms in total. The third kappa shape index (κ3) is 8.35. The Labute approximate surface area is 261 Å². The SMILES string of the molecule is CC[C@@H](C)NC(=O)[C@H](Cc1ccccc1)N(Cc1cccc(C)c1)C(=O)CN(c1cccc(C)c1)S(=O)(=O)c1ccccc1. The fraction of sp³-hybridized carbons (Fsp3) is 0.278. The highest BCUT2D eigenvalue weighted by Gasteiger charge is 2.35. The molecule has 0 heterocycles. The van der Waals surface area contributed by atoms with Crippen LogP contribution in [0, 0.1) is 13.8 Å². The van der Waals surface area contributed by atoms with Crippen LogP contribution in [0.2, 0.25) is 0 Å². The fourth-order valence-corrected chi connectivity index (χ4v) is 6.46. The van der Waals surface area contributed by atoms with Gasteiger partial charge in [0.2, 0.25) is 11.8 Å². The molecular weight excluding hydrogens is 570 g/mol. The molecule has 4 aromatic carbocycles.